The number of rotatable bonds is 4. The van der Waals surface area contributed by atoms with E-state index in [1.54, 1.807) is 0 Å². The zero-order valence-electron chi connectivity index (χ0n) is 13.4. The summed E-state index contributed by atoms with van der Waals surface area (Å²) in [5.41, 5.74) is -2.84. The summed E-state index contributed by atoms with van der Waals surface area (Å²) in [7, 11) is 0. The summed E-state index contributed by atoms with van der Waals surface area (Å²) < 4.78 is 5.44. The Morgan fingerprint density at radius 1 is 1.19 bits per heavy atom. The van der Waals surface area contributed by atoms with Crippen molar-refractivity contribution in [3.8, 4) is 0 Å². The van der Waals surface area contributed by atoms with Gasteiger partial charge in [0.2, 0.25) is 0 Å². The summed E-state index contributed by atoms with van der Waals surface area (Å²) in [5.74, 6) is 0.869. The van der Waals surface area contributed by atoms with E-state index in [1.807, 2.05) is 20.8 Å². The Morgan fingerprint density at radius 2 is 1.76 bits per heavy atom. The molecule has 4 fully saturated rings. The van der Waals surface area contributed by atoms with Crippen molar-refractivity contribution in [2.75, 3.05) is 6.61 Å². The van der Waals surface area contributed by atoms with Gasteiger partial charge in [0.15, 0.2) is 0 Å². The molecule has 2 N–H and O–H groups in total. The molecule has 120 valence electrons. The van der Waals surface area contributed by atoms with E-state index in [2.05, 4.69) is 0 Å². The van der Waals surface area contributed by atoms with Gasteiger partial charge in [0, 0.05) is 0 Å². The second kappa shape index (κ2) is 4.69. The fraction of sp³-hybridized carbons (Fsp3) is 0.941. The molecule has 0 aromatic rings. The minimum Gasteiger partial charge on any atom is -0.462 e. The molecule has 4 heteroatoms. The van der Waals surface area contributed by atoms with Crippen molar-refractivity contribution in [3.05, 3.63) is 0 Å². The highest BCUT2D eigenvalue weighted by Crippen LogP contribution is 2.60. The number of esters is 1. The quantitative estimate of drug-likeness (QED) is 0.781. The molecule has 0 radical (unpaired) electrons. The van der Waals surface area contributed by atoms with Crippen LogP contribution < -0.4 is 0 Å². The molecular formula is C17H28O4. The summed E-state index contributed by atoms with van der Waals surface area (Å²) in [6.07, 6.45) is 5.13. The van der Waals surface area contributed by atoms with Crippen LogP contribution in [-0.4, -0.2) is 34.0 Å². The lowest BCUT2D eigenvalue weighted by molar-refractivity contribution is -0.280. The van der Waals surface area contributed by atoms with Crippen LogP contribution in [0, 0.1) is 23.2 Å². The van der Waals surface area contributed by atoms with E-state index in [0.717, 1.165) is 12.8 Å². The number of ether oxygens (including phenoxy) is 1. The summed E-state index contributed by atoms with van der Waals surface area (Å²) in [4.78, 5) is 12.2. The molecule has 0 amide bonds. The Bertz CT molecular complexity index is 430. The average molecular weight is 296 g/mol. The molecule has 0 saturated heterocycles. The third-order valence-corrected chi connectivity index (χ3v) is 6.50. The minimum atomic E-state index is -1.25. The van der Waals surface area contributed by atoms with E-state index in [1.165, 1.54) is 6.42 Å². The van der Waals surface area contributed by atoms with Gasteiger partial charge < -0.3 is 14.9 Å². The number of carbonyl (C=O) groups is 1. The molecule has 4 nitrogen and oxygen atoms in total. The largest absolute Gasteiger partial charge is 0.462 e. The van der Waals surface area contributed by atoms with Crippen molar-refractivity contribution in [1.29, 1.82) is 0 Å². The maximum absolute atomic E-state index is 12.2. The molecule has 0 heterocycles. The van der Waals surface area contributed by atoms with Gasteiger partial charge in [0.05, 0.1) is 11.0 Å². The lowest BCUT2D eigenvalue weighted by Crippen LogP contribution is -2.70. The number of aliphatic hydroxyl groups is 2. The molecule has 0 aromatic carbocycles. The first-order valence-corrected chi connectivity index (χ1v) is 8.32. The molecule has 4 bridgehead atoms. The van der Waals surface area contributed by atoms with Gasteiger partial charge >= 0.3 is 5.97 Å². The molecule has 3 unspecified atom stereocenters. The second-order valence-electron chi connectivity index (χ2n) is 8.31. The van der Waals surface area contributed by atoms with E-state index in [4.69, 9.17) is 4.74 Å². The highest BCUT2D eigenvalue weighted by molar-refractivity contribution is 5.75. The number of hydrogen-bond donors (Lipinski definition) is 2. The monoisotopic (exact) mass is 296 g/mol. The number of hydrogen-bond acceptors (Lipinski definition) is 4. The lowest BCUT2D eigenvalue weighted by Gasteiger charge is -2.62. The highest BCUT2D eigenvalue weighted by atomic mass is 16.5. The fourth-order valence-electron chi connectivity index (χ4n) is 4.83. The summed E-state index contributed by atoms with van der Waals surface area (Å²) in [5, 5.41) is 22.1. The van der Waals surface area contributed by atoms with Crippen LogP contribution >= 0.6 is 0 Å². The smallest absolute Gasteiger partial charge is 0.311 e. The molecule has 3 atom stereocenters. The predicted octanol–water partition coefficient (Wildman–Crippen LogP) is 2.27. The van der Waals surface area contributed by atoms with E-state index in [0.29, 0.717) is 31.1 Å². The van der Waals surface area contributed by atoms with Crippen molar-refractivity contribution in [2.45, 2.75) is 70.5 Å². The van der Waals surface area contributed by atoms with Gasteiger partial charge in [-0.3, -0.25) is 4.79 Å². The van der Waals surface area contributed by atoms with Crippen LogP contribution in [0.4, 0.5) is 0 Å². The Labute approximate surface area is 126 Å². The van der Waals surface area contributed by atoms with Gasteiger partial charge in [-0.1, -0.05) is 6.92 Å². The van der Waals surface area contributed by atoms with E-state index in [-0.39, 0.29) is 18.5 Å². The SMILES string of the molecule is CCC(C)(C)C(=O)OCC1(O)C2CC3CC(C2)CC1(O)C3. The van der Waals surface area contributed by atoms with Gasteiger partial charge in [0.25, 0.3) is 0 Å². The lowest BCUT2D eigenvalue weighted by atomic mass is 9.48. The van der Waals surface area contributed by atoms with Crippen molar-refractivity contribution in [3.63, 3.8) is 0 Å². The van der Waals surface area contributed by atoms with Crippen LogP contribution in [-0.2, 0) is 9.53 Å². The number of carbonyl (C=O) groups excluding carboxylic acids is 1. The van der Waals surface area contributed by atoms with Crippen LogP contribution in [0.2, 0.25) is 0 Å². The minimum absolute atomic E-state index is 0.0597. The van der Waals surface area contributed by atoms with Crippen LogP contribution in [0.25, 0.3) is 0 Å². The van der Waals surface area contributed by atoms with Crippen molar-refractivity contribution in [1.82, 2.24) is 0 Å². The molecule has 4 aliphatic carbocycles. The highest BCUT2D eigenvalue weighted by Gasteiger charge is 2.65. The van der Waals surface area contributed by atoms with E-state index in [9.17, 15) is 15.0 Å². The first kappa shape index (κ1) is 15.3. The molecule has 4 aliphatic rings. The maximum atomic E-state index is 12.2. The Balaban J connectivity index is 1.74. The molecule has 0 spiro atoms. The first-order valence-electron chi connectivity index (χ1n) is 8.32. The van der Waals surface area contributed by atoms with Gasteiger partial charge in [0.1, 0.15) is 12.2 Å². The fourth-order valence-corrected chi connectivity index (χ4v) is 4.83. The predicted molar refractivity (Wildman–Crippen MR) is 78.5 cm³/mol. The van der Waals surface area contributed by atoms with Gasteiger partial charge in [-0.15, -0.1) is 0 Å². The molecule has 0 aliphatic heterocycles. The summed E-state index contributed by atoms with van der Waals surface area (Å²) in [6, 6.07) is 0. The van der Waals surface area contributed by atoms with Crippen LogP contribution in [0.3, 0.4) is 0 Å². The zero-order chi connectivity index (χ0) is 15.5. The average Bonchev–Trinajstić information content (AvgIpc) is 2.41. The standard InChI is InChI=1S/C17H28O4/c1-4-15(2,3)14(18)21-10-17(20)13-6-11-5-12(7-13)9-16(17,19)8-11/h11-13,19-20H,4-10H2,1-3H3. The normalized spacial score (nSPS) is 44.9. The van der Waals surface area contributed by atoms with Crippen molar-refractivity contribution < 1.29 is 19.7 Å². The zero-order valence-corrected chi connectivity index (χ0v) is 13.4. The second-order valence-corrected chi connectivity index (χ2v) is 8.31. The molecular weight excluding hydrogens is 268 g/mol. The molecule has 4 rings (SSSR count). The van der Waals surface area contributed by atoms with Gasteiger partial charge in [-0.2, -0.15) is 0 Å². The van der Waals surface area contributed by atoms with Crippen LogP contribution in [0.1, 0.15) is 59.3 Å². The topological polar surface area (TPSA) is 66.8 Å². The molecule has 21 heavy (non-hydrogen) atoms. The third kappa shape index (κ3) is 2.22. The van der Waals surface area contributed by atoms with Gasteiger partial charge in [-0.25, -0.2) is 0 Å². The van der Waals surface area contributed by atoms with Crippen LogP contribution in [0.5, 0.6) is 0 Å². The summed E-state index contributed by atoms with van der Waals surface area (Å²) in [6.45, 7) is 5.60. The Kier molecular flexibility index (Phi) is 3.42. The van der Waals surface area contributed by atoms with Crippen molar-refractivity contribution >= 4 is 5.97 Å². The molecule has 0 aromatic heterocycles. The first-order chi connectivity index (χ1) is 9.70. The van der Waals surface area contributed by atoms with Crippen LogP contribution in [0.15, 0.2) is 0 Å². The van der Waals surface area contributed by atoms with E-state index >= 15 is 0 Å². The Hall–Kier alpha value is -0.610. The molecule has 4 saturated carbocycles. The summed E-state index contributed by atoms with van der Waals surface area (Å²) >= 11 is 0. The van der Waals surface area contributed by atoms with E-state index < -0.39 is 16.6 Å². The van der Waals surface area contributed by atoms with Gasteiger partial charge in [-0.05, 0) is 70.1 Å². The third-order valence-electron chi connectivity index (χ3n) is 6.50. The Morgan fingerprint density at radius 3 is 2.24 bits per heavy atom. The van der Waals surface area contributed by atoms with Crippen molar-refractivity contribution in [2.24, 2.45) is 23.2 Å². The maximum Gasteiger partial charge on any atom is 0.311 e.